The molecule has 7 heteroatoms. The maximum atomic E-state index is 12.6. The first kappa shape index (κ1) is 13.5. The van der Waals surface area contributed by atoms with Crippen LogP contribution in [-0.2, 0) is 9.84 Å². The second-order valence-corrected chi connectivity index (χ2v) is 7.90. The largest absolute Gasteiger partial charge is 0.383 e. The normalized spacial score (nSPS) is 12.8. The van der Waals surface area contributed by atoms with E-state index >= 15 is 0 Å². The van der Waals surface area contributed by atoms with Crippen LogP contribution in [0.5, 0.6) is 0 Å². The molecule has 2 rings (SSSR count). The van der Waals surface area contributed by atoms with Gasteiger partial charge in [-0.1, -0.05) is 6.07 Å². The zero-order valence-electron chi connectivity index (χ0n) is 11.0. The molecule has 0 aliphatic rings. The molecule has 0 spiro atoms. The summed E-state index contributed by atoms with van der Waals surface area (Å²) in [6.45, 7) is 4.90. The van der Waals surface area contributed by atoms with E-state index in [9.17, 15) is 8.42 Å². The molecule has 6 nitrogen and oxygen atoms in total. The first-order valence-corrected chi connectivity index (χ1v) is 7.19. The Kier molecular flexibility index (Phi) is 2.89. The second kappa shape index (κ2) is 4.06. The van der Waals surface area contributed by atoms with Crippen LogP contribution in [0.3, 0.4) is 0 Å². The topological polar surface area (TPSA) is 112 Å². The third-order valence-corrected chi connectivity index (χ3v) is 5.36. The van der Waals surface area contributed by atoms with Crippen LogP contribution in [0.15, 0.2) is 23.1 Å². The minimum atomic E-state index is -3.54. The van der Waals surface area contributed by atoms with Crippen molar-refractivity contribution in [2.75, 3.05) is 11.5 Å². The summed E-state index contributed by atoms with van der Waals surface area (Å²) in [6.07, 6.45) is 0. The Hall–Kier alpha value is -1.89. The molecule has 0 radical (unpaired) electrons. The van der Waals surface area contributed by atoms with Gasteiger partial charge >= 0.3 is 0 Å². The number of benzene rings is 1. The Morgan fingerprint density at radius 2 is 1.74 bits per heavy atom. The number of anilines is 2. The fraction of sp³-hybridized carbons (Fsp3) is 0.333. The Bertz CT molecular complexity index is 748. The highest BCUT2D eigenvalue weighted by atomic mass is 32.2. The summed E-state index contributed by atoms with van der Waals surface area (Å²) in [4.78, 5) is 7.99. The maximum Gasteiger partial charge on any atom is 0.222 e. The molecule has 0 aliphatic carbocycles. The second-order valence-electron chi connectivity index (χ2n) is 5.23. The third kappa shape index (κ3) is 2.10. The Morgan fingerprint density at radius 3 is 2.32 bits per heavy atom. The molecule has 4 N–H and O–H groups in total. The minimum Gasteiger partial charge on any atom is -0.383 e. The molecule has 0 saturated carbocycles. The van der Waals surface area contributed by atoms with Crippen molar-refractivity contribution in [1.82, 2.24) is 9.97 Å². The molecule has 102 valence electrons. The van der Waals surface area contributed by atoms with Crippen LogP contribution < -0.4 is 11.5 Å². The average Bonchev–Trinajstić information content (AvgIpc) is 2.26. The van der Waals surface area contributed by atoms with Crippen molar-refractivity contribution >= 4 is 32.5 Å². The fourth-order valence-electron chi connectivity index (χ4n) is 1.75. The van der Waals surface area contributed by atoms with Crippen LogP contribution in [0.1, 0.15) is 20.8 Å². The van der Waals surface area contributed by atoms with Gasteiger partial charge in [0.1, 0.15) is 5.82 Å². The molecular weight excluding hydrogens is 264 g/mol. The summed E-state index contributed by atoms with van der Waals surface area (Å²) < 4.78 is 24.2. The van der Waals surface area contributed by atoms with Crippen LogP contribution in [0.4, 0.5) is 11.8 Å². The average molecular weight is 280 g/mol. The monoisotopic (exact) mass is 280 g/mol. The zero-order valence-corrected chi connectivity index (χ0v) is 11.8. The van der Waals surface area contributed by atoms with Crippen LogP contribution in [0, 0.1) is 0 Å². The van der Waals surface area contributed by atoms with Crippen LogP contribution in [0.25, 0.3) is 10.9 Å². The van der Waals surface area contributed by atoms with E-state index in [1.54, 1.807) is 32.9 Å². The van der Waals surface area contributed by atoms with Gasteiger partial charge in [-0.15, -0.1) is 0 Å². The lowest BCUT2D eigenvalue weighted by molar-refractivity contribution is 0.561. The van der Waals surface area contributed by atoms with E-state index in [4.69, 9.17) is 11.5 Å². The first-order chi connectivity index (χ1) is 8.64. The standard InChI is InChI=1S/C12H16N4O2S/c1-12(2,3)19(17,18)8-6-4-5-7-9(8)10(13)16-11(14)15-7/h4-6H,1-3H3,(H4,13,14,15,16). The van der Waals surface area contributed by atoms with Gasteiger partial charge in [-0.3, -0.25) is 0 Å². The maximum absolute atomic E-state index is 12.6. The SMILES string of the molecule is CC(C)(C)S(=O)(=O)c1cccc2nc(N)nc(N)c12. The predicted octanol–water partition coefficient (Wildman–Crippen LogP) is 1.37. The number of hydrogen-bond donors (Lipinski definition) is 2. The van der Waals surface area contributed by atoms with E-state index in [0.717, 1.165) is 0 Å². The highest BCUT2D eigenvalue weighted by Crippen LogP contribution is 2.32. The van der Waals surface area contributed by atoms with Gasteiger partial charge < -0.3 is 11.5 Å². The number of hydrogen-bond acceptors (Lipinski definition) is 6. The van der Waals surface area contributed by atoms with Gasteiger partial charge in [-0.05, 0) is 32.9 Å². The van der Waals surface area contributed by atoms with Crippen molar-refractivity contribution in [3.63, 3.8) is 0 Å². The molecule has 19 heavy (non-hydrogen) atoms. The highest BCUT2D eigenvalue weighted by molar-refractivity contribution is 7.93. The van der Waals surface area contributed by atoms with E-state index in [1.165, 1.54) is 6.07 Å². The van der Waals surface area contributed by atoms with Gasteiger partial charge in [0, 0.05) is 0 Å². The molecule has 0 bridgehead atoms. The van der Waals surface area contributed by atoms with Gasteiger partial charge in [0.05, 0.1) is 20.5 Å². The number of nitrogens with zero attached hydrogens (tertiary/aromatic N) is 2. The molecule has 1 aromatic carbocycles. The summed E-state index contributed by atoms with van der Waals surface area (Å²) in [5, 5.41) is 0.326. The molecule has 0 aliphatic heterocycles. The summed E-state index contributed by atoms with van der Waals surface area (Å²) in [7, 11) is -3.54. The van der Waals surface area contributed by atoms with Crippen molar-refractivity contribution in [1.29, 1.82) is 0 Å². The van der Waals surface area contributed by atoms with E-state index < -0.39 is 14.6 Å². The Morgan fingerprint density at radius 1 is 1.11 bits per heavy atom. The predicted molar refractivity (Wildman–Crippen MR) is 75.3 cm³/mol. The van der Waals surface area contributed by atoms with Crippen LogP contribution in [-0.4, -0.2) is 23.1 Å². The van der Waals surface area contributed by atoms with E-state index in [2.05, 4.69) is 9.97 Å². The molecule has 0 atom stereocenters. The smallest absolute Gasteiger partial charge is 0.222 e. The minimum absolute atomic E-state index is 0.0234. The third-order valence-electron chi connectivity index (χ3n) is 2.83. The number of aromatic nitrogens is 2. The molecular formula is C12H16N4O2S. The Balaban J connectivity index is 2.91. The van der Waals surface area contributed by atoms with Gasteiger partial charge in [0.25, 0.3) is 0 Å². The van der Waals surface area contributed by atoms with Crippen LogP contribution >= 0.6 is 0 Å². The first-order valence-electron chi connectivity index (χ1n) is 5.71. The van der Waals surface area contributed by atoms with E-state index in [1.807, 2.05) is 0 Å². The molecule has 0 unspecified atom stereocenters. The van der Waals surface area contributed by atoms with Gasteiger partial charge in [0.15, 0.2) is 9.84 Å². The summed E-state index contributed by atoms with van der Waals surface area (Å²) in [6, 6.07) is 4.79. The number of fused-ring (bicyclic) bond motifs is 1. The number of nitrogens with two attached hydrogens (primary N) is 2. The molecule has 0 saturated heterocycles. The van der Waals surface area contributed by atoms with E-state index in [-0.39, 0.29) is 16.7 Å². The van der Waals surface area contributed by atoms with Gasteiger partial charge in [-0.2, -0.15) is 4.98 Å². The highest BCUT2D eigenvalue weighted by Gasteiger charge is 2.33. The molecule has 1 heterocycles. The van der Waals surface area contributed by atoms with Crippen molar-refractivity contribution in [3.8, 4) is 0 Å². The van der Waals surface area contributed by atoms with Gasteiger partial charge in [0.2, 0.25) is 5.95 Å². The van der Waals surface area contributed by atoms with Crippen LogP contribution in [0.2, 0.25) is 0 Å². The van der Waals surface area contributed by atoms with Crippen molar-refractivity contribution in [3.05, 3.63) is 18.2 Å². The van der Waals surface area contributed by atoms with Crippen molar-refractivity contribution in [2.45, 2.75) is 30.4 Å². The molecule has 1 aromatic heterocycles. The number of nitrogen functional groups attached to an aromatic ring is 2. The quantitative estimate of drug-likeness (QED) is 0.815. The number of rotatable bonds is 1. The van der Waals surface area contributed by atoms with Crippen molar-refractivity contribution in [2.24, 2.45) is 0 Å². The lowest BCUT2D eigenvalue weighted by atomic mass is 10.2. The Labute approximate surface area is 111 Å². The number of sulfone groups is 1. The molecule has 0 amide bonds. The summed E-state index contributed by atoms with van der Waals surface area (Å²) in [5.41, 5.74) is 11.7. The zero-order chi connectivity index (χ0) is 14.4. The lowest BCUT2D eigenvalue weighted by Crippen LogP contribution is -2.28. The summed E-state index contributed by atoms with van der Waals surface area (Å²) >= 11 is 0. The summed E-state index contributed by atoms with van der Waals surface area (Å²) in [5.74, 6) is 0.0984. The van der Waals surface area contributed by atoms with E-state index in [0.29, 0.717) is 10.9 Å². The molecule has 2 aromatic rings. The lowest BCUT2D eigenvalue weighted by Gasteiger charge is -2.20. The van der Waals surface area contributed by atoms with Crippen molar-refractivity contribution < 1.29 is 8.42 Å². The molecule has 0 fully saturated rings. The van der Waals surface area contributed by atoms with Gasteiger partial charge in [-0.25, -0.2) is 13.4 Å². The fourth-order valence-corrected chi connectivity index (χ4v) is 3.15.